The Hall–Kier alpha value is -0.670. The van der Waals surface area contributed by atoms with Gasteiger partial charge in [-0.25, -0.2) is 8.42 Å². The summed E-state index contributed by atoms with van der Waals surface area (Å²) in [6, 6.07) is 3.28. The molecular weight excluding hydrogens is 406 g/mol. The number of nitrogens with two attached hydrogens (primary N) is 1. The first-order valence-electron chi connectivity index (χ1n) is 9.52. The van der Waals surface area contributed by atoms with Gasteiger partial charge in [-0.05, 0) is 56.2 Å². The second-order valence-corrected chi connectivity index (χ2v) is 10.8. The van der Waals surface area contributed by atoms with Gasteiger partial charge >= 0.3 is 0 Å². The normalized spacial score (nSPS) is 25.0. The second kappa shape index (κ2) is 9.69. The number of thiophene rings is 1. The van der Waals surface area contributed by atoms with Crippen LogP contribution in [0.25, 0.3) is 0 Å². The third kappa shape index (κ3) is 5.23. The van der Waals surface area contributed by atoms with Crippen molar-refractivity contribution in [1.29, 1.82) is 0 Å². The van der Waals surface area contributed by atoms with E-state index in [1.54, 1.807) is 16.4 Å². The van der Waals surface area contributed by atoms with Crippen molar-refractivity contribution in [3.05, 3.63) is 17.0 Å². The minimum atomic E-state index is -3.49. The monoisotopic (exact) mass is 435 g/mol. The van der Waals surface area contributed by atoms with Crippen molar-refractivity contribution in [3.63, 3.8) is 0 Å². The lowest BCUT2D eigenvalue weighted by atomic mass is 9.84. The maximum absolute atomic E-state index is 12.8. The first-order valence-corrected chi connectivity index (χ1v) is 11.8. The van der Waals surface area contributed by atoms with Gasteiger partial charge in [-0.3, -0.25) is 4.79 Å². The van der Waals surface area contributed by atoms with E-state index in [4.69, 9.17) is 5.73 Å². The number of carbonyl (C=O) groups excluding carboxylic acids is 1. The summed E-state index contributed by atoms with van der Waals surface area (Å²) in [7, 11) is -3.49. The Labute approximate surface area is 172 Å². The molecule has 6 nitrogen and oxygen atoms in total. The molecule has 2 fully saturated rings. The number of hydrogen-bond donors (Lipinski definition) is 2. The molecule has 1 aromatic heterocycles. The topological polar surface area (TPSA) is 92.5 Å². The van der Waals surface area contributed by atoms with Crippen LogP contribution in [0.3, 0.4) is 0 Å². The summed E-state index contributed by atoms with van der Waals surface area (Å²) in [5, 5.41) is 3.07. The van der Waals surface area contributed by atoms with Gasteiger partial charge in [0.15, 0.2) is 0 Å². The lowest BCUT2D eigenvalue weighted by Crippen LogP contribution is -2.44. The number of sulfonamides is 1. The number of hydrogen-bond acceptors (Lipinski definition) is 5. The van der Waals surface area contributed by atoms with Gasteiger partial charge in [-0.2, -0.15) is 4.31 Å². The Balaban J connectivity index is 0.00000261. The molecular formula is C18H30ClN3O3S2. The largest absolute Gasteiger partial charge is 0.348 e. The zero-order valence-corrected chi connectivity index (χ0v) is 18.2. The molecule has 3 N–H and O–H groups in total. The van der Waals surface area contributed by atoms with E-state index in [1.165, 1.54) is 0 Å². The predicted octanol–water partition coefficient (Wildman–Crippen LogP) is 2.84. The van der Waals surface area contributed by atoms with Crippen LogP contribution in [-0.2, 0) is 10.0 Å². The molecule has 1 saturated heterocycles. The average Bonchev–Trinajstić information content (AvgIpc) is 3.14. The number of piperidine rings is 1. The van der Waals surface area contributed by atoms with E-state index in [1.807, 2.05) is 0 Å². The summed E-state index contributed by atoms with van der Waals surface area (Å²) in [5.41, 5.74) is 5.83. The number of halogens is 1. The van der Waals surface area contributed by atoms with E-state index in [2.05, 4.69) is 12.2 Å². The summed E-state index contributed by atoms with van der Waals surface area (Å²) in [4.78, 5) is 13.0. The van der Waals surface area contributed by atoms with E-state index in [0.717, 1.165) is 49.9 Å². The van der Waals surface area contributed by atoms with Crippen molar-refractivity contribution in [2.45, 2.75) is 55.7 Å². The first kappa shape index (κ1) is 22.6. The minimum absolute atomic E-state index is 0. The van der Waals surface area contributed by atoms with E-state index in [-0.39, 0.29) is 28.6 Å². The summed E-state index contributed by atoms with van der Waals surface area (Å²) in [5.74, 6) is 0.692. The number of carbonyl (C=O) groups is 1. The van der Waals surface area contributed by atoms with Crippen molar-refractivity contribution in [2.24, 2.45) is 17.6 Å². The van der Waals surface area contributed by atoms with Gasteiger partial charge < -0.3 is 11.1 Å². The fourth-order valence-electron chi connectivity index (χ4n) is 3.85. The molecule has 0 aromatic carbocycles. The van der Waals surface area contributed by atoms with E-state index in [9.17, 15) is 13.2 Å². The van der Waals surface area contributed by atoms with Crippen LogP contribution < -0.4 is 11.1 Å². The zero-order chi connectivity index (χ0) is 18.7. The number of nitrogens with one attached hydrogen (secondary N) is 1. The van der Waals surface area contributed by atoms with E-state index < -0.39 is 10.0 Å². The molecule has 27 heavy (non-hydrogen) atoms. The van der Waals surface area contributed by atoms with E-state index >= 15 is 0 Å². The molecule has 154 valence electrons. The molecule has 0 spiro atoms. The summed E-state index contributed by atoms with van der Waals surface area (Å²) < 4.78 is 27.4. The molecule has 1 aliphatic heterocycles. The molecule has 2 atom stereocenters. The van der Waals surface area contributed by atoms with E-state index in [0.29, 0.717) is 36.3 Å². The SMILES string of the molecule is CC1CCN(S(=O)(=O)c2ccc(C(=O)NC3CCCCC3CN)s2)CC1.Cl. The molecule has 1 saturated carbocycles. The fraction of sp³-hybridized carbons (Fsp3) is 0.722. The van der Waals surface area contributed by atoms with Crippen LogP contribution in [0.4, 0.5) is 0 Å². The van der Waals surface area contributed by atoms with Crippen LogP contribution in [0.1, 0.15) is 55.1 Å². The van der Waals surface area contributed by atoms with Crippen molar-refractivity contribution in [1.82, 2.24) is 9.62 Å². The van der Waals surface area contributed by atoms with Crippen molar-refractivity contribution in [2.75, 3.05) is 19.6 Å². The lowest BCUT2D eigenvalue weighted by Gasteiger charge is -2.31. The smallest absolute Gasteiger partial charge is 0.261 e. The molecule has 2 heterocycles. The van der Waals surface area contributed by atoms with Gasteiger partial charge in [0, 0.05) is 19.1 Å². The lowest BCUT2D eigenvalue weighted by molar-refractivity contribution is 0.0912. The summed E-state index contributed by atoms with van der Waals surface area (Å²) >= 11 is 1.07. The highest BCUT2D eigenvalue weighted by Crippen LogP contribution is 2.29. The Kier molecular flexibility index (Phi) is 8.12. The van der Waals surface area contributed by atoms with Crippen LogP contribution in [0.5, 0.6) is 0 Å². The highest BCUT2D eigenvalue weighted by Gasteiger charge is 2.31. The number of nitrogens with zero attached hydrogens (tertiary/aromatic N) is 1. The maximum atomic E-state index is 12.8. The molecule has 2 unspecified atom stereocenters. The average molecular weight is 436 g/mol. The predicted molar refractivity (Wildman–Crippen MR) is 111 cm³/mol. The second-order valence-electron chi connectivity index (χ2n) is 7.57. The minimum Gasteiger partial charge on any atom is -0.348 e. The van der Waals surface area contributed by atoms with Crippen molar-refractivity contribution < 1.29 is 13.2 Å². The van der Waals surface area contributed by atoms with Gasteiger partial charge in [0.05, 0.1) is 4.88 Å². The van der Waals surface area contributed by atoms with Gasteiger partial charge in [0.1, 0.15) is 4.21 Å². The Morgan fingerprint density at radius 2 is 1.89 bits per heavy atom. The molecule has 0 radical (unpaired) electrons. The Bertz CT molecular complexity index is 730. The van der Waals surface area contributed by atoms with Gasteiger partial charge in [-0.15, -0.1) is 23.7 Å². The molecule has 1 aliphatic carbocycles. The molecule has 9 heteroatoms. The third-order valence-electron chi connectivity index (χ3n) is 5.67. The van der Waals surface area contributed by atoms with Crippen LogP contribution in [0.15, 0.2) is 16.3 Å². The molecule has 1 aromatic rings. The van der Waals surface area contributed by atoms with Gasteiger partial charge in [-0.1, -0.05) is 19.8 Å². The van der Waals surface area contributed by atoms with Crippen LogP contribution in [0, 0.1) is 11.8 Å². The Morgan fingerprint density at radius 3 is 2.56 bits per heavy atom. The first-order chi connectivity index (χ1) is 12.4. The van der Waals surface area contributed by atoms with Crippen molar-refractivity contribution >= 4 is 39.7 Å². The van der Waals surface area contributed by atoms with Crippen LogP contribution in [-0.4, -0.2) is 44.3 Å². The van der Waals surface area contributed by atoms with Crippen molar-refractivity contribution in [3.8, 4) is 0 Å². The molecule has 1 amide bonds. The van der Waals surface area contributed by atoms with Crippen LogP contribution in [0.2, 0.25) is 0 Å². The highest BCUT2D eigenvalue weighted by atomic mass is 35.5. The number of rotatable bonds is 5. The third-order valence-corrected chi connectivity index (χ3v) is 9.12. The molecule has 2 aliphatic rings. The fourth-order valence-corrected chi connectivity index (χ4v) is 6.69. The number of amides is 1. The molecule has 3 rings (SSSR count). The Morgan fingerprint density at radius 1 is 1.22 bits per heavy atom. The molecule has 0 bridgehead atoms. The van der Waals surface area contributed by atoms with Crippen LogP contribution >= 0.6 is 23.7 Å². The quantitative estimate of drug-likeness (QED) is 0.743. The summed E-state index contributed by atoms with van der Waals surface area (Å²) in [6.45, 7) is 3.84. The standard InChI is InChI=1S/C18H29N3O3S2.ClH/c1-13-8-10-21(11-9-13)26(23,24)17-7-6-16(25-17)18(22)20-15-5-3-2-4-14(15)12-19;/h6-7,13-15H,2-5,8-12,19H2,1H3,(H,20,22);1H. The zero-order valence-electron chi connectivity index (χ0n) is 15.7. The maximum Gasteiger partial charge on any atom is 0.261 e. The highest BCUT2D eigenvalue weighted by molar-refractivity contribution is 7.91. The van der Waals surface area contributed by atoms with Gasteiger partial charge in [0.2, 0.25) is 0 Å². The summed E-state index contributed by atoms with van der Waals surface area (Å²) in [6.07, 6.45) is 6.01. The van der Waals surface area contributed by atoms with Gasteiger partial charge in [0.25, 0.3) is 15.9 Å².